The monoisotopic (exact) mass is 631 g/mol. The largest absolute Gasteiger partial charge is 0.436 e. The Kier molecular flexibility index (Phi) is 9.60. The van der Waals surface area contributed by atoms with Crippen molar-refractivity contribution in [3.63, 3.8) is 0 Å². The number of rotatable bonds is 12. The number of hydrogen-bond acceptors (Lipinski definition) is 7. The Morgan fingerprint density at radius 2 is 1.91 bits per heavy atom. The van der Waals surface area contributed by atoms with Gasteiger partial charge in [0.05, 0.1) is 29.8 Å². The molecule has 2 aromatic heterocycles. The second-order valence-electron chi connectivity index (χ2n) is 12.2. The maximum Gasteiger partial charge on any atom is 0.244 e. The van der Waals surface area contributed by atoms with E-state index in [0.717, 1.165) is 58.4 Å². The van der Waals surface area contributed by atoms with Crippen LogP contribution in [0.5, 0.6) is 0 Å². The molecule has 0 saturated carbocycles. The Balaban J connectivity index is 1.20. The van der Waals surface area contributed by atoms with Crippen molar-refractivity contribution in [1.82, 2.24) is 30.1 Å². The second-order valence-corrected chi connectivity index (χ2v) is 12.2. The number of aromatic amines is 1. The number of H-pyrrole nitrogens is 1. The van der Waals surface area contributed by atoms with Crippen LogP contribution in [0.25, 0.3) is 33.8 Å². The molecule has 1 saturated heterocycles. The third-order valence-electron chi connectivity index (χ3n) is 8.56. The van der Waals surface area contributed by atoms with Gasteiger partial charge in [0.2, 0.25) is 17.7 Å². The summed E-state index contributed by atoms with van der Waals surface area (Å²) < 4.78 is 6.20. The van der Waals surface area contributed by atoms with E-state index in [0.29, 0.717) is 37.0 Å². The third kappa shape index (κ3) is 7.19. The van der Waals surface area contributed by atoms with Crippen LogP contribution in [0.1, 0.15) is 42.3 Å². The Hall–Kier alpha value is -5.06. The molecule has 5 aromatic rings. The smallest absolute Gasteiger partial charge is 0.244 e. The van der Waals surface area contributed by atoms with E-state index in [2.05, 4.69) is 27.2 Å². The number of fused-ring (bicyclic) bond motifs is 1. The first-order valence-electron chi connectivity index (χ1n) is 16.0. The molecule has 3 heterocycles. The summed E-state index contributed by atoms with van der Waals surface area (Å²) >= 11 is 0. The highest BCUT2D eigenvalue weighted by atomic mass is 16.4. The van der Waals surface area contributed by atoms with E-state index in [4.69, 9.17) is 9.40 Å². The molecule has 2 amide bonds. The van der Waals surface area contributed by atoms with Crippen LogP contribution in [0.4, 0.5) is 5.69 Å². The molecule has 1 aliphatic rings. The molecule has 0 spiro atoms. The maximum atomic E-state index is 13.9. The number of benzene rings is 3. The van der Waals surface area contributed by atoms with Crippen molar-refractivity contribution in [1.29, 1.82) is 0 Å². The molecule has 1 aliphatic heterocycles. The average molecular weight is 632 g/mol. The SMILES string of the molecule is C=CCCN(Cc1nc2ccc(-c3cnc(-c4ccc(C)c(NC(=O)C5CCCN5)c4)o3)cc2[nH]1)C(=O)C(c1ccccc1)N(C)C. The number of nitrogens with one attached hydrogen (secondary N) is 3. The predicted octanol–water partition coefficient (Wildman–Crippen LogP) is 6.09. The summed E-state index contributed by atoms with van der Waals surface area (Å²) in [6.07, 6.45) is 6.04. The molecule has 2 atom stereocenters. The second kappa shape index (κ2) is 14.1. The number of amides is 2. The summed E-state index contributed by atoms with van der Waals surface area (Å²) in [6, 6.07) is 20.9. The van der Waals surface area contributed by atoms with Crippen molar-refractivity contribution in [2.45, 2.75) is 44.8 Å². The molecule has 10 nitrogen and oxygen atoms in total. The molecular formula is C37H41N7O3. The molecular weight excluding hydrogens is 590 g/mol. The van der Waals surface area contributed by atoms with Gasteiger partial charge in [0, 0.05) is 23.4 Å². The quantitative estimate of drug-likeness (QED) is 0.143. The van der Waals surface area contributed by atoms with Gasteiger partial charge in [-0.25, -0.2) is 9.97 Å². The number of hydrogen-bond donors (Lipinski definition) is 3. The van der Waals surface area contributed by atoms with Gasteiger partial charge in [-0.2, -0.15) is 0 Å². The molecule has 6 rings (SSSR count). The van der Waals surface area contributed by atoms with Gasteiger partial charge < -0.3 is 24.9 Å². The molecule has 0 aliphatic carbocycles. The highest BCUT2D eigenvalue weighted by Crippen LogP contribution is 2.31. The lowest BCUT2D eigenvalue weighted by atomic mass is 10.0. The third-order valence-corrected chi connectivity index (χ3v) is 8.56. The van der Waals surface area contributed by atoms with Gasteiger partial charge in [-0.1, -0.05) is 42.5 Å². The molecule has 3 aromatic carbocycles. The van der Waals surface area contributed by atoms with Gasteiger partial charge in [-0.15, -0.1) is 6.58 Å². The summed E-state index contributed by atoms with van der Waals surface area (Å²) in [6.45, 7) is 7.56. The molecule has 242 valence electrons. The Morgan fingerprint density at radius 3 is 2.66 bits per heavy atom. The lowest BCUT2D eigenvalue weighted by Crippen LogP contribution is -2.40. The number of nitrogens with zero attached hydrogens (tertiary/aromatic N) is 4. The van der Waals surface area contributed by atoms with Crippen LogP contribution in [0, 0.1) is 6.92 Å². The first kappa shape index (κ1) is 31.9. The number of imidazole rings is 1. The topological polar surface area (TPSA) is 119 Å². The Labute approximate surface area is 274 Å². The zero-order valence-corrected chi connectivity index (χ0v) is 27.1. The molecule has 0 bridgehead atoms. The van der Waals surface area contributed by atoms with Crippen molar-refractivity contribution in [3.8, 4) is 22.8 Å². The average Bonchev–Trinajstić information content (AvgIpc) is 3.85. The van der Waals surface area contributed by atoms with E-state index in [9.17, 15) is 9.59 Å². The van der Waals surface area contributed by atoms with Crippen molar-refractivity contribution in [2.24, 2.45) is 0 Å². The van der Waals surface area contributed by atoms with Crippen LogP contribution in [0.15, 0.2) is 90.0 Å². The van der Waals surface area contributed by atoms with Crippen LogP contribution in [0.3, 0.4) is 0 Å². The predicted molar refractivity (Wildman–Crippen MR) is 185 cm³/mol. The molecule has 47 heavy (non-hydrogen) atoms. The van der Waals surface area contributed by atoms with E-state index < -0.39 is 6.04 Å². The van der Waals surface area contributed by atoms with Gasteiger partial charge in [-0.3, -0.25) is 14.5 Å². The van der Waals surface area contributed by atoms with E-state index in [1.807, 2.05) is 104 Å². The minimum atomic E-state index is -0.414. The fraction of sp³-hybridized carbons (Fsp3) is 0.297. The number of carbonyl (C=O) groups is 2. The van der Waals surface area contributed by atoms with E-state index in [1.54, 1.807) is 6.20 Å². The van der Waals surface area contributed by atoms with Crippen LogP contribution in [0.2, 0.25) is 0 Å². The lowest BCUT2D eigenvalue weighted by molar-refractivity contribution is -0.137. The van der Waals surface area contributed by atoms with Gasteiger partial charge in [0.25, 0.3) is 0 Å². The standard InChI is InChI=1S/C37H41N7O3/c1-5-6-19-44(37(46)34(43(3)4)25-11-8-7-9-12-25)23-33-40-28-17-16-26(20-31(28)41-33)32-22-39-36(47-32)27-15-14-24(2)30(21-27)42-35(45)29-13-10-18-38-29/h5,7-9,11-12,14-17,20-22,29,34,38H,1,6,10,13,18-19,23H2,2-4H3,(H,40,41)(H,42,45). The van der Waals surface area contributed by atoms with E-state index in [1.165, 1.54) is 0 Å². The normalized spacial score (nSPS) is 15.2. The van der Waals surface area contributed by atoms with Crippen LogP contribution in [-0.4, -0.2) is 69.8 Å². The van der Waals surface area contributed by atoms with Gasteiger partial charge in [-0.05, 0) is 88.3 Å². The summed E-state index contributed by atoms with van der Waals surface area (Å²) in [4.78, 5) is 43.2. The van der Waals surface area contributed by atoms with Crippen molar-refractivity contribution in [3.05, 3.63) is 103 Å². The van der Waals surface area contributed by atoms with Crippen molar-refractivity contribution < 1.29 is 14.0 Å². The number of oxazole rings is 1. The Morgan fingerprint density at radius 1 is 1.11 bits per heavy atom. The molecule has 3 N–H and O–H groups in total. The summed E-state index contributed by atoms with van der Waals surface area (Å²) in [5.41, 5.74) is 5.90. The van der Waals surface area contributed by atoms with Gasteiger partial charge in [0.1, 0.15) is 11.9 Å². The van der Waals surface area contributed by atoms with Crippen LogP contribution >= 0.6 is 0 Å². The zero-order chi connectivity index (χ0) is 32.9. The van der Waals surface area contributed by atoms with Crippen molar-refractivity contribution >= 4 is 28.5 Å². The van der Waals surface area contributed by atoms with E-state index in [-0.39, 0.29) is 17.9 Å². The van der Waals surface area contributed by atoms with Crippen molar-refractivity contribution in [2.75, 3.05) is 32.5 Å². The number of aryl methyl sites for hydroxylation is 1. The number of anilines is 1. The number of likely N-dealkylation sites (N-methyl/N-ethyl adjacent to an activating group) is 1. The lowest BCUT2D eigenvalue weighted by Gasteiger charge is -2.30. The minimum Gasteiger partial charge on any atom is -0.436 e. The number of aromatic nitrogens is 3. The summed E-state index contributed by atoms with van der Waals surface area (Å²) in [5.74, 6) is 1.75. The minimum absolute atomic E-state index is 0.00687. The Bertz CT molecular complexity index is 1870. The number of carbonyl (C=O) groups excluding carboxylic acids is 2. The highest BCUT2D eigenvalue weighted by molar-refractivity contribution is 5.96. The van der Waals surface area contributed by atoms with Gasteiger partial charge >= 0.3 is 0 Å². The fourth-order valence-corrected chi connectivity index (χ4v) is 6.01. The van der Waals surface area contributed by atoms with Crippen LogP contribution < -0.4 is 10.6 Å². The van der Waals surface area contributed by atoms with E-state index >= 15 is 0 Å². The first-order chi connectivity index (χ1) is 22.8. The zero-order valence-electron chi connectivity index (χ0n) is 27.1. The summed E-state index contributed by atoms with van der Waals surface area (Å²) in [5, 5.41) is 6.30. The fourth-order valence-electron chi connectivity index (χ4n) is 6.01. The molecule has 10 heteroatoms. The first-order valence-corrected chi connectivity index (χ1v) is 16.0. The molecule has 0 radical (unpaired) electrons. The molecule has 2 unspecified atom stereocenters. The highest BCUT2D eigenvalue weighted by Gasteiger charge is 2.28. The summed E-state index contributed by atoms with van der Waals surface area (Å²) in [7, 11) is 3.84. The maximum absolute atomic E-state index is 13.9. The molecule has 1 fully saturated rings. The van der Waals surface area contributed by atoms with Gasteiger partial charge in [0.15, 0.2) is 5.76 Å². The van der Waals surface area contributed by atoms with Crippen LogP contribution in [-0.2, 0) is 16.1 Å².